The summed E-state index contributed by atoms with van der Waals surface area (Å²) in [5.41, 5.74) is 2.04. The van der Waals surface area contributed by atoms with Gasteiger partial charge in [0.15, 0.2) is 6.61 Å². The molecule has 0 aliphatic rings. The lowest BCUT2D eigenvalue weighted by Crippen LogP contribution is -2.41. The second-order valence-corrected chi connectivity index (χ2v) is 5.81. The number of nitrogens with zero attached hydrogens (tertiary/aromatic N) is 1. The lowest BCUT2D eigenvalue weighted by molar-refractivity contribution is -0.146. The Kier molecular flexibility index (Phi) is 8.26. The minimum atomic E-state index is -0.406. The van der Waals surface area contributed by atoms with Gasteiger partial charge < -0.3 is 19.1 Å². The third-order valence-electron chi connectivity index (χ3n) is 3.71. The van der Waals surface area contributed by atoms with Crippen LogP contribution in [0.1, 0.15) is 18.1 Å². The van der Waals surface area contributed by atoms with E-state index < -0.39 is 5.92 Å². The molecule has 24 heavy (non-hydrogen) atoms. The molecule has 6 heteroatoms. The average molecular weight is 337 g/mol. The molecule has 1 unspecified atom stereocenters. The zero-order chi connectivity index (χ0) is 18.1. The Morgan fingerprint density at radius 1 is 1.21 bits per heavy atom. The molecule has 1 rings (SSSR count). The van der Waals surface area contributed by atoms with Crippen LogP contribution in [0.4, 0.5) is 0 Å². The number of benzene rings is 1. The number of carbonyl (C=O) groups excluding carboxylic acids is 2. The van der Waals surface area contributed by atoms with Crippen molar-refractivity contribution in [3.8, 4) is 5.75 Å². The molecule has 0 radical (unpaired) electrons. The molecule has 6 nitrogen and oxygen atoms in total. The maximum atomic E-state index is 12.5. The maximum absolute atomic E-state index is 12.5. The first-order chi connectivity index (χ1) is 11.4. The van der Waals surface area contributed by atoms with Crippen molar-refractivity contribution >= 4 is 11.9 Å². The van der Waals surface area contributed by atoms with E-state index in [0.29, 0.717) is 18.9 Å². The first-order valence-corrected chi connectivity index (χ1v) is 7.93. The van der Waals surface area contributed by atoms with Gasteiger partial charge in [-0.1, -0.05) is 19.1 Å². The molecule has 0 spiro atoms. The van der Waals surface area contributed by atoms with Crippen LogP contribution in [-0.2, 0) is 19.1 Å². The Hall–Kier alpha value is -2.08. The van der Waals surface area contributed by atoms with E-state index in [-0.39, 0.29) is 25.0 Å². The molecule has 0 saturated heterocycles. The van der Waals surface area contributed by atoms with Gasteiger partial charge in [-0.25, -0.2) is 0 Å². The highest BCUT2D eigenvalue weighted by molar-refractivity contribution is 5.79. The van der Waals surface area contributed by atoms with E-state index in [0.717, 1.165) is 11.1 Å². The molecule has 0 saturated carbocycles. The van der Waals surface area contributed by atoms with Crippen LogP contribution < -0.4 is 4.74 Å². The largest absolute Gasteiger partial charge is 0.483 e. The van der Waals surface area contributed by atoms with Crippen molar-refractivity contribution in [2.24, 2.45) is 5.92 Å². The van der Waals surface area contributed by atoms with E-state index >= 15 is 0 Å². The Labute approximate surface area is 143 Å². The standard InChI is InChI=1S/C18H27NO5/c1-13-6-7-14(2)16(10-13)24-12-17(20)19(8-9-22-4)11-15(3)18(21)23-5/h6-7,10,15H,8-9,11-12H2,1-5H3. The molecule has 134 valence electrons. The molecule has 0 aromatic heterocycles. The summed E-state index contributed by atoms with van der Waals surface area (Å²) in [4.78, 5) is 25.6. The number of ether oxygens (including phenoxy) is 3. The number of amides is 1. The summed E-state index contributed by atoms with van der Waals surface area (Å²) in [6, 6.07) is 5.85. The van der Waals surface area contributed by atoms with Crippen molar-refractivity contribution in [2.45, 2.75) is 20.8 Å². The van der Waals surface area contributed by atoms with Crippen molar-refractivity contribution in [2.75, 3.05) is 40.5 Å². The summed E-state index contributed by atoms with van der Waals surface area (Å²) in [6.45, 7) is 6.60. The smallest absolute Gasteiger partial charge is 0.310 e. The molecule has 1 amide bonds. The lowest BCUT2D eigenvalue weighted by atomic mass is 10.1. The minimum Gasteiger partial charge on any atom is -0.483 e. The summed E-state index contributed by atoms with van der Waals surface area (Å²) in [6.07, 6.45) is 0. The fraction of sp³-hybridized carbons (Fsp3) is 0.556. The minimum absolute atomic E-state index is 0.0814. The van der Waals surface area contributed by atoms with Gasteiger partial charge in [-0.3, -0.25) is 9.59 Å². The van der Waals surface area contributed by atoms with Crippen molar-refractivity contribution < 1.29 is 23.8 Å². The average Bonchev–Trinajstić information content (AvgIpc) is 2.57. The molecule has 1 aromatic carbocycles. The number of aryl methyl sites for hydroxylation is 2. The number of esters is 1. The van der Waals surface area contributed by atoms with Crippen molar-refractivity contribution in [1.29, 1.82) is 0 Å². The van der Waals surface area contributed by atoms with Gasteiger partial charge in [-0.15, -0.1) is 0 Å². The summed E-state index contributed by atoms with van der Waals surface area (Å²) < 4.78 is 15.4. The van der Waals surface area contributed by atoms with Crippen LogP contribution in [0, 0.1) is 19.8 Å². The lowest BCUT2D eigenvalue weighted by Gasteiger charge is -2.25. The van der Waals surface area contributed by atoms with Crippen LogP contribution >= 0.6 is 0 Å². The van der Waals surface area contributed by atoms with Gasteiger partial charge in [0.2, 0.25) is 0 Å². The maximum Gasteiger partial charge on any atom is 0.310 e. The summed E-state index contributed by atoms with van der Waals surface area (Å²) >= 11 is 0. The zero-order valence-electron chi connectivity index (χ0n) is 15.1. The van der Waals surface area contributed by atoms with Gasteiger partial charge in [0.1, 0.15) is 5.75 Å². The van der Waals surface area contributed by atoms with Crippen LogP contribution in [-0.4, -0.2) is 57.3 Å². The monoisotopic (exact) mass is 337 g/mol. The van der Waals surface area contributed by atoms with Crippen LogP contribution in [0.5, 0.6) is 5.75 Å². The molecule has 0 N–H and O–H groups in total. The summed E-state index contributed by atoms with van der Waals surface area (Å²) in [7, 11) is 2.91. The fourth-order valence-corrected chi connectivity index (χ4v) is 2.22. The van der Waals surface area contributed by atoms with E-state index in [1.807, 2.05) is 32.0 Å². The Bertz CT molecular complexity index is 558. The number of rotatable bonds is 9. The van der Waals surface area contributed by atoms with E-state index in [9.17, 15) is 9.59 Å². The molecule has 0 aliphatic heterocycles. The Morgan fingerprint density at radius 3 is 2.54 bits per heavy atom. The van der Waals surface area contributed by atoms with Crippen LogP contribution in [0.15, 0.2) is 18.2 Å². The molecular formula is C18H27NO5. The van der Waals surface area contributed by atoms with Crippen molar-refractivity contribution in [1.82, 2.24) is 4.90 Å². The predicted octanol–water partition coefficient (Wildman–Crippen LogP) is 1.97. The molecule has 0 bridgehead atoms. The van der Waals surface area contributed by atoms with Crippen molar-refractivity contribution in [3.05, 3.63) is 29.3 Å². The number of carbonyl (C=O) groups is 2. The van der Waals surface area contributed by atoms with E-state index in [2.05, 4.69) is 0 Å². The fourth-order valence-electron chi connectivity index (χ4n) is 2.22. The number of hydrogen-bond donors (Lipinski definition) is 0. The quantitative estimate of drug-likeness (QED) is 0.645. The number of methoxy groups -OCH3 is 2. The molecule has 0 heterocycles. The molecule has 1 aromatic rings. The predicted molar refractivity (Wildman–Crippen MR) is 91.0 cm³/mol. The summed E-state index contributed by atoms with van der Waals surface area (Å²) in [5.74, 6) is -0.253. The molecule has 0 aliphatic carbocycles. The normalized spacial score (nSPS) is 11.7. The Balaban J connectivity index is 2.69. The SMILES string of the molecule is COCCN(CC(C)C(=O)OC)C(=O)COc1cc(C)ccc1C. The second-order valence-electron chi connectivity index (χ2n) is 5.81. The zero-order valence-corrected chi connectivity index (χ0v) is 15.1. The molecular weight excluding hydrogens is 310 g/mol. The third-order valence-corrected chi connectivity index (χ3v) is 3.71. The van der Waals surface area contributed by atoms with Crippen LogP contribution in [0.3, 0.4) is 0 Å². The molecule has 1 atom stereocenters. The van der Waals surface area contributed by atoms with E-state index in [4.69, 9.17) is 14.2 Å². The highest BCUT2D eigenvalue weighted by Crippen LogP contribution is 2.19. The summed E-state index contributed by atoms with van der Waals surface area (Å²) in [5, 5.41) is 0. The van der Waals surface area contributed by atoms with Gasteiger partial charge in [0.05, 0.1) is 19.6 Å². The van der Waals surface area contributed by atoms with Crippen LogP contribution in [0.25, 0.3) is 0 Å². The number of hydrogen-bond acceptors (Lipinski definition) is 5. The second kappa shape index (κ2) is 9.93. The van der Waals surface area contributed by atoms with Gasteiger partial charge in [-0.2, -0.15) is 0 Å². The van der Waals surface area contributed by atoms with Gasteiger partial charge >= 0.3 is 5.97 Å². The van der Waals surface area contributed by atoms with Gasteiger partial charge in [-0.05, 0) is 31.0 Å². The highest BCUT2D eigenvalue weighted by Gasteiger charge is 2.21. The third kappa shape index (κ3) is 6.20. The first-order valence-electron chi connectivity index (χ1n) is 7.93. The topological polar surface area (TPSA) is 65.1 Å². The van der Waals surface area contributed by atoms with Crippen molar-refractivity contribution in [3.63, 3.8) is 0 Å². The van der Waals surface area contributed by atoms with Gasteiger partial charge in [0, 0.05) is 20.2 Å². The van der Waals surface area contributed by atoms with E-state index in [1.165, 1.54) is 7.11 Å². The van der Waals surface area contributed by atoms with Crippen LogP contribution in [0.2, 0.25) is 0 Å². The highest BCUT2D eigenvalue weighted by atomic mass is 16.5. The molecule has 0 fully saturated rings. The van der Waals surface area contributed by atoms with Gasteiger partial charge in [0.25, 0.3) is 5.91 Å². The first kappa shape index (κ1) is 20.0. The van der Waals surface area contributed by atoms with E-state index in [1.54, 1.807) is 18.9 Å². The Morgan fingerprint density at radius 2 is 1.92 bits per heavy atom.